The zero-order chi connectivity index (χ0) is 32.2. The van der Waals surface area contributed by atoms with Gasteiger partial charge in [-0.2, -0.15) is 26.3 Å². The summed E-state index contributed by atoms with van der Waals surface area (Å²) in [5.41, 5.74) is -6.11. The van der Waals surface area contributed by atoms with E-state index in [4.69, 9.17) is 5.26 Å². The summed E-state index contributed by atoms with van der Waals surface area (Å²) in [5, 5.41) is 22.4. The van der Waals surface area contributed by atoms with Crippen LogP contribution in [0.5, 0.6) is 0 Å². The molecule has 0 aliphatic rings. The molecule has 44 heavy (non-hydrogen) atoms. The highest BCUT2D eigenvalue weighted by molar-refractivity contribution is 6.10. The minimum atomic E-state index is -5.18. The standard InChI is InChI=1S/C30H20F6N2O6/c31-29(32,33)24-13-17(37-26(39)19-6-2-1-5-16(19)15-44-43)9-11-20(24)21-12-10-18(14-25(21)30(34,35)36)38-27(40)22-7-3-4-8-23(22)28(41)42/h1-14,43H,15H2,(H,37,39)(H,38,40)(H,41,42). The molecule has 0 unspecified atom stereocenters. The van der Waals surface area contributed by atoms with Gasteiger partial charge in [-0.25, -0.2) is 9.68 Å². The number of anilines is 2. The van der Waals surface area contributed by atoms with Crippen LogP contribution in [0.25, 0.3) is 11.1 Å². The summed E-state index contributed by atoms with van der Waals surface area (Å²) < 4.78 is 85.0. The summed E-state index contributed by atoms with van der Waals surface area (Å²) in [4.78, 5) is 40.9. The number of halogens is 6. The molecule has 14 heteroatoms. The molecule has 0 heterocycles. The fourth-order valence-electron chi connectivity index (χ4n) is 4.38. The number of alkyl halides is 6. The molecule has 228 valence electrons. The van der Waals surface area contributed by atoms with Gasteiger partial charge in [-0.05, 0) is 59.2 Å². The highest BCUT2D eigenvalue weighted by Gasteiger charge is 2.39. The van der Waals surface area contributed by atoms with E-state index in [1.165, 1.54) is 36.4 Å². The third kappa shape index (κ3) is 7.04. The second-order valence-electron chi connectivity index (χ2n) is 9.21. The molecular formula is C30H20F6N2O6. The Morgan fingerprint density at radius 1 is 0.636 bits per heavy atom. The van der Waals surface area contributed by atoms with E-state index >= 15 is 0 Å². The van der Waals surface area contributed by atoms with Gasteiger partial charge in [0.1, 0.15) is 6.61 Å². The predicted octanol–water partition coefficient (Wildman–Crippen LogP) is 7.58. The lowest BCUT2D eigenvalue weighted by molar-refractivity contribution is -0.253. The van der Waals surface area contributed by atoms with Gasteiger partial charge < -0.3 is 15.7 Å². The maximum atomic E-state index is 14.2. The van der Waals surface area contributed by atoms with Gasteiger partial charge in [-0.3, -0.25) is 14.8 Å². The number of carbonyl (C=O) groups is 3. The first-order valence-corrected chi connectivity index (χ1v) is 12.4. The van der Waals surface area contributed by atoms with Crippen LogP contribution in [-0.2, 0) is 23.8 Å². The Morgan fingerprint density at radius 3 is 1.52 bits per heavy atom. The molecule has 4 aromatic carbocycles. The molecule has 4 aromatic rings. The third-order valence-electron chi connectivity index (χ3n) is 6.34. The SMILES string of the molecule is O=C(Nc1ccc(-c2ccc(NC(=O)c3ccccc3C(=O)O)cc2C(F)(F)F)c(C(F)(F)F)c1)c1ccccc1COO. The fraction of sp³-hybridized carbons (Fsp3) is 0.100. The Labute approximate surface area is 244 Å². The maximum absolute atomic E-state index is 14.2. The summed E-state index contributed by atoms with van der Waals surface area (Å²) >= 11 is 0. The molecule has 0 aliphatic heterocycles. The van der Waals surface area contributed by atoms with Crippen LogP contribution in [0.1, 0.15) is 47.8 Å². The number of aromatic carboxylic acids is 1. The molecule has 0 spiro atoms. The number of rotatable bonds is 8. The Kier molecular flexibility index (Phi) is 9.06. The molecule has 4 N–H and O–H groups in total. The summed E-state index contributed by atoms with van der Waals surface area (Å²) in [6.45, 7) is -0.390. The smallest absolute Gasteiger partial charge is 0.417 e. The second-order valence-corrected chi connectivity index (χ2v) is 9.21. The van der Waals surface area contributed by atoms with Crippen LogP contribution in [0.4, 0.5) is 37.7 Å². The van der Waals surface area contributed by atoms with E-state index in [-0.39, 0.29) is 29.0 Å². The number of nitrogens with one attached hydrogen (secondary N) is 2. The quantitative estimate of drug-likeness (QED) is 0.0917. The summed E-state index contributed by atoms with van der Waals surface area (Å²) in [5.74, 6) is -3.36. The largest absolute Gasteiger partial charge is 0.478 e. The number of amides is 2. The van der Waals surface area contributed by atoms with Gasteiger partial charge in [0.15, 0.2) is 0 Å². The van der Waals surface area contributed by atoms with Crippen LogP contribution >= 0.6 is 0 Å². The van der Waals surface area contributed by atoms with Crippen LogP contribution in [0.15, 0.2) is 84.9 Å². The van der Waals surface area contributed by atoms with Gasteiger partial charge in [-0.15, -0.1) is 0 Å². The van der Waals surface area contributed by atoms with E-state index in [1.54, 1.807) is 0 Å². The van der Waals surface area contributed by atoms with Gasteiger partial charge >= 0.3 is 18.3 Å². The predicted molar refractivity (Wildman–Crippen MR) is 145 cm³/mol. The molecule has 0 aromatic heterocycles. The molecule has 0 radical (unpaired) electrons. The normalized spacial score (nSPS) is 11.6. The summed E-state index contributed by atoms with van der Waals surface area (Å²) in [7, 11) is 0. The van der Waals surface area contributed by atoms with Crippen molar-refractivity contribution in [1.82, 2.24) is 0 Å². The zero-order valence-corrected chi connectivity index (χ0v) is 22.1. The van der Waals surface area contributed by atoms with Crippen molar-refractivity contribution in [2.75, 3.05) is 10.6 Å². The second kappa shape index (κ2) is 12.6. The van der Waals surface area contributed by atoms with Crippen LogP contribution in [-0.4, -0.2) is 28.1 Å². The first-order chi connectivity index (χ1) is 20.7. The lowest BCUT2D eigenvalue weighted by Gasteiger charge is -2.20. The van der Waals surface area contributed by atoms with Gasteiger partial charge in [0.25, 0.3) is 11.8 Å². The van der Waals surface area contributed by atoms with E-state index in [0.29, 0.717) is 12.1 Å². The van der Waals surface area contributed by atoms with Crippen molar-refractivity contribution in [2.24, 2.45) is 0 Å². The molecule has 0 saturated heterocycles. The van der Waals surface area contributed by atoms with Crippen LogP contribution in [0, 0.1) is 0 Å². The monoisotopic (exact) mass is 618 g/mol. The number of carboxylic acid groups (broad SMARTS) is 1. The highest BCUT2D eigenvalue weighted by atomic mass is 19.4. The van der Waals surface area contributed by atoms with Crippen LogP contribution < -0.4 is 10.6 Å². The summed E-state index contributed by atoms with van der Waals surface area (Å²) in [6.07, 6.45) is -10.3. The Morgan fingerprint density at radius 2 is 1.07 bits per heavy atom. The number of hydrogen-bond acceptors (Lipinski definition) is 5. The molecule has 2 amide bonds. The van der Waals surface area contributed by atoms with Gasteiger partial charge in [0.05, 0.1) is 22.3 Å². The number of benzene rings is 4. The zero-order valence-electron chi connectivity index (χ0n) is 22.1. The molecule has 8 nitrogen and oxygen atoms in total. The number of hydrogen-bond donors (Lipinski definition) is 4. The van der Waals surface area contributed by atoms with E-state index in [9.17, 15) is 45.8 Å². The number of carboxylic acids is 1. The maximum Gasteiger partial charge on any atom is 0.417 e. The summed E-state index contributed by atoms with van der Waals surface area (Å²) in [6, 6.07) is 15.1. The molecule has 0 bridgehead atoms. The minimum Gasteiger partial charge on any atom is -0.478 e. The molecule has 4 rings (SSSR count). The van der Waals surface area contributed by atoms with Crippen LogP contribution in [0.2, 0.25) is 0 Å². The van der Waals surface area contributed by atoms with E-state index in [2.05, 4.69) is 15.5 Å². The third-order valence-corrected chi connectivity index (χ3v) is 6.34. The van der Waals surface area contributed by atoms with E-state index < -0.39 is 63.6 Å². The average molecular weight is 618 g/mol. The van der Waals surface area contributed by atoms with Gasteiger partial charge in [0.2, 0.25) is 0 Å². The van der Waals surface area contributed by atoms with Crippen LogP contribution in [0.3, 0.4) is 0 Å². The molecule has 0 aliphatic carbocycles. The Hall–Kier alpha value is -5.21. The van der Waals surface area contributed by atoms with Crippen molar-refractivity contribution in [1.29, 1.82) is 0 Å². The molecular weight excluding hydrogens is 598 g/mol. The molecule has 0 atom stereocenters. The van der Waals surface area contributed by atoms with Crippen molar-refractivity contribution >= 4 is 29.2 Å². The molecule has 0 fully saturated rings. The fourth-order valence-corrected chi connectivity index (χ4v) is 4.38. The van der Waals surface area contributed by atoms with E-state index in [0.717, 1.165) is 36.4 Å². The first kappa shape index (κ1) is 31.7. The Balaban J connectivity index is 1.73. The Bertz CT molecular complexity index is 1740. The first-order valence-electron chi connectivity index (χ1n) is 12.4. The topological polar surface area (TPSA) is 125 Å². The average Bonchev–Trinajstić information content (AvgIpc) is 2.96. The van der Waals surface area contributed by atoms with Crippen molar-refractivity contribution in [3.8, 4) is 11.1 Å². The number of carbonyl (C=O) groups excluding carboxylic acids is 2. The van der Waals surface area contributed by atoms with Crippen molar-refractivity contribution in [3.05, 3.63) is 118 Å². The lowest BCUT2D eigenvalue weighted by Crippen LogP contribution is -2.18. The van der Waals surface area contributed by atoms with Crippen molar-refractivity contribution in [2.45, 2.75) is 19.0 Å². The minimum absolute atomic E-state index is 0.0258. The highest BCUT2D eigenvalue weighted by Crippen LogP contribution is 2.44. The molecule has 0 saturated carbocycles. The van der Waals surface area contributed by atoms with E-state index in [1.807, 2.05) is 0 Å². The van der Waals surface area contributed by atoms with Gasteiger partial charge in [-0.1, -0.05) is 42.5 Å². The lowest BCUT2D eigenvalue weighted by atomic mass is 9.93. The van der Waals surface area contributed by atoms with Gasteiger partial charge in [0, 0.05) is 16.9 Å². The van der Waals surface area contributed by atoms with Crippen molar-refractivity contribution in [3.63, 3.8) is 0 Å². The van der Waals surface area contributed by atoms with Crippen molar-refractivity contribution < 1.29 is 56.0 Å².